The summed E-state index contributed by atoms with van der Waals surface area (Å²) in [6.45, 7) is 12.5. The van der Waals surface area contributed by atoms with Gasteiger partial charge in [0.05, 0.1) is 89.1 Å². The number of nitrogens with one attached hydrogen (secondary N) is 4. The van der Waals surface area contributed by atoms with E-state index in [2.05, 4.69) is 21.3 Å². The number of rotatable bonds is 33. The highest BCUT2D eigenvalue weighted by Gasteiger charge is 2.31. The van der Waals surface area contributed by atoms with Gasteiger partial charge in [-0.1, -0.05) is 70.2 Å². The van der Waals surface area contributed by atoms with E-state index in [0.717, 1.165) is 22.4 Å². The summed E-state index contributed by atoms with van der Waals surface area (Å²) in [5, 5.41) is 12.3. The first-order valence-electron chi connectivity index (χ1n) is 24.0. The molecule has 12 N–H and O–H groups in total. The van der Waals surface area contributed by atoms with E-state index < -0.39 is 41.9 Å². The first-order valence-corrected chi connectivity index (χ1v) is 24.0. The van der Waals surface area contributed by atoms with Crippen molar-refractivity contribution in [3.8, 4) is 0 Å². The molecule has 1 heterocycles. The maximum Gasteiger partial charge on any atom is 0.312 e. The van der Waals surface area contributed by atoms with Crippen LogP contribution in [0.2, 0.25) is 0 Å². The number of amides is 6. The molecule has 20 heteroatoms. The van der Waals surface area contributed by atoms with Crippen LogP contribution in [-0.4, -0.2) is 131 Å². The number of carbonyl (C=O) groups excluding carboxylic acids is 6. The Kier molecular flexibility index (Phi) is 26.3. The number of carbonyl (C=O) groups is 6. The van der Waals surface area contributed by atoms with Crippen molar-refractivity contribution >= 4 is 52.5 Å². The molecule has 0 fully saturated rings. The van der Waals surface area contributed by atoms with Crippen molar-refractivity contribution in [1.29, 1.82) is 0 Å². The number of anilines is 1. The van der Waals surface area contributed by atoms with Gasteiger partial charge in [-0.3, -0.25) is 24.0 Å². The predicted molar refractivity (Wildman–Crippen MR) is 264 cm³/mol. The summed E-state index contributed by atoms with van der Waals surface area (Å²) in [5.41, 5.74) is 22.0. The molecule has 384 valence electrons. The quantitative estimate of drug-likeness (QED) is 0.0289. The van der Waals surface area contributed by atoms with E-state index in [-0.39, 0.29) is 62.7 Å². The van der Waals surface area contributed by atoms with Crippen molar-refractivity contribution in [2.24, 2.45) is 34.9 Å². The second-order valence-electron chi connectivity index (χ2n) is 17.6. The zero-order chi connectivity index (χ0) is 50.7. The number of ether oxygens (including phenoxy) is 4. The summed E-state index contributed by atoms with van der Waals surface area (Å²) < 4.78 is 22.7. The Morgan fingerprint density at radius 3 is 1.93 bits per heavy atom. The minimum absolute atomic E-state index is 0.00498. The van der Waals surface area contributed by atoms with E-state index in [1.54, 1.807) is 18.9 Å². The highest BCUT2D eigenvalue weighted by Crippen LogP contribution is 2.37. The number of unbranched alkanes of at least 4 members (excludes halogenated alkanes) is 1. The largest absolute Gasteiger partial charge is 0.396 e. The third kappa shape index (κ3) is 20.5. The number of nitrogens with two attached hydrogens (primary N) is 4. The molecule has 2 aromatic rings. The van der Waals surface area contributed by atoms with Crippen molar-refractivity contribution in [3.05, 3.63) is 65.2 Å². The van der Waals surface area contributed by atoms with E-state index in [1.165, 1.54) is 6.92 Å². The first-order chi connectivity index (χ1) is 33.0. The predicted octanol–water partition coefficient (Wildman–Crippen LogP) is 2.27. The average Bonchev–Trinajstić information content (AvgIpc) is 3.30. The minimum atomic E-state index is -0.978. The Hall–Kier alpha value is -5.64. The van der Waals surface area contributed by atoms with Crippen LogP contribution in [0.3, 0.4) is 0 Å². The van der Waals surface area contributed by atoms with Gasteiger partial charge in [-0.2, -0.15) is 0 Å². The smallest absolute Gasteiger partial charge is 0.312 e. The maximum absolute atomic E-state index is 13.6. The molecule has 2 aromatic carbocycles. The Bertz CT molecular complexity index is 1980. The van der Waals surface area contributed by atoms with Gasteiger partial charge in [0.1, 0.15) is 12.1 Å². The zero-order valence-corrected chi connectivity index (χ0v) is 41.2. The summed E-state index contributed by atoms with van der Waals surface area (Å²) in [5.74, 6) is 4.84. The molecule has 20 nitrogen and oxygen atoms in total. The molecule has 0 saturated heterocycles. The Labute approximate surface area is 407 Å². The number of hydrazine groups is 1. The SMILES string of the molecule is CC(=O)C(CCCNC(N)=O)NC(=O)C(NC(=O)C(CCCCN)NC(=O)CCOCCOCCOCCOCCN(N)/C1=C(\N)c2ccccc2CN(C(=O)CC(C)C)c2ccccc21)C(C)C. The van der Waals surface area contributed by atoms with Gasteiger partial charge in [0, 0.05) is 30.5 Å². The molecule has 0 bridgehead atoms. The Morgan fingerprint density at radius 2 is 1.32 bits per heavy atom. The van der Waals surface area contributed by atoms with Crippen LogP contribution in [0.25, 0.3) is 11.4 Å². The number of hydrogen-bond donors (Lipinski definition) is 8. The maximum atomic E-state index is 13.6. The van der Waals surface area contributed by atoms with Gasteiger partial charge in [0.2, 0.25) is 23.6 Å². The molecule has 3 rings (SSSR count). The van der Waals surface area contributed by atoms with E-state index in [9.17, 15) is 28.8 Å². The molecule has 1 aliphatic rings. The summed E-state index contributed by atoms with van der Waals surface area (Å²) in [7, 11) is 0. The molecule has 69 heavy (non-hydrogen) atoms. The van der Waals surface area contributed by atoms with Crippen LogP contribution < -0.4 is 49.2 Å². The highest BCUT2D eigenvalue weighted by molar-refractivity contribution is 6.01. The molecule has 0 aliphatic carbocycles. The molecule has 0 aromatic heterocycles. The second kappa shape index (κ2) is 31.5. The number of ketones is 1. The van der Waals surface area contributed by atoms with Crippen molar-refractivity contribution in [2.45, 2.75) is 104 Å². The lowest BCUT2D eigenvalue weighted by Gasteiger charge is -2.33. The van der Waals surface area contributed by atoms with Gasteiger partial charge in [0.15, 0.2) is 5.78 Å². The lowest BCUT2D eigenvalue weighted by atomic mass is 9.95. The first kappa shape index (κ1) is 57.7. The number of hydrogen-bond acceptors (Lipinski definition) is 14. The Morgan fingerprint density at radius 1 is 0.725 bits per heavy atom. The molecule has 0 spiro atoms. The van der Waals surface area contributed by atoms with Crippen molar-refractivity contribution in [3.63, 3.8) is 0 Å². The molecular formula is C49H78N10O10. The lowest BCUT2D eigenvalue weighted by molar-refractivity contribution is -0.134. The monoisotopic (exact) mass is 967 g/mol. The standard InChI is InChI=1S/C49H78N10O10/c1-33(2)31-43(62)58-32-36-13-6-7-14-37(36)44(51)46(38-15-8-9-18-41(38)58)59(53)22-24-67-26-28-69-30-29-68-27-25-66-23-19-42(61)55-40(16-10-11-20-50)47(63)57-45(34(3)4)48(64)56-39(35(5)60)17-12-21-54-49(52)65/h6-9,13-15,18,33-34,39-40,45H,10-12,16-17,19-32,50-51,53H2,1-5H3,(H,55,61)(H,56,64)(H,57,63)(H3,52,54,65)/b46-44-. The lowest BCUT2D eigenvalue weighted by Crippen LogP contribution is -2.57. The second-order valence-corrected chi connectivity index (χ2v) is 17.6. The van der Waals surface area contributed by atoms with Gasteiger partial charge in [-0.15, -0.1) is 0 Å². The van der Waals surface area contributed by atoms with Gasteiger partial charge in [-0.05, 0) is 69.0 Å². The normalized spacial score (nSPS) is 14.7. The van der Waals surface area contributed by atoms with Crippen LogP contribution in [-0.2, 0) is 49.5 Å². The van der Waals surface area contributed by atoms with E-state index >= 15 is 0 Å². The minimum Gasteiger partial charge on any atom is -0.396 e. The summed E-state index contributed by atoms with van der Waals surface area (Å²) in [4.78, 5) is 78.2. The highest BCUT2D eigenvalue weighted by atomic mass is 16.6. The van der Waals surface area contributed by atoms with Crippen molar-refractivity contribution < 1.29 is 47.7 Å². The molecule has 0 radical (unpaired) electrons. The molecule has 1 aliphatic heterocycles. The Balaban J connectivity index is 1.36. The topological polar surface area (TPSA) is 298 Å². The van der Waals surface area contributed by atoms with Crippen LogP contribution in [0.15, 0.2) is 48.5 Å². The van der Waals surface area contributed by atoms with Gasteiger partial charge < -0.3 is 67.3 Å². The number of benzene rings is 2. The average molecular weight is 967 g/mol. The number of para-hydroxylation sites is 1. The van der Waals surface area contributed by atoms with Gasteiger partial charge >= 0.3 is 6.03 Å². The number of fused-ring (bicyclic) bond motifs is 2. The summed E-state index contributed by atoms with van der Waals surface area (Å²) in [6, 6.07) is 12.1. The van der Waals surface area contributed by atoms with E-state index in [1.807, 2.05) is 67.3 Å². The summed E-state index contributed by atoms with van der Waals surface area (Å²) in [6.07, 6.45) is 2.58. The van der Waals surface area contributed by atoms with Crippen molar-refractivity contribution in [1.82, 2.24) is 26.3 Å². The fourth-order valence-corrected chi connectivity index (χ4v) is 7.52. The zero-order valence-electron chi connectivity index (χ0n) is 41.2. The molecule has 3 unspecified atom stereocenters. The molecular weight excluding hydrogens is 889 g/mol. The van der Waals surface area contributed by atoms with E-state index in [0.29, 0.717) is 96.2 Å². The number of urea groups is 1. The van der Waals surface area contributed by atoms with Gasteiger partial charge in [-0.25, -0.2) is 10.6 Å². The fraction of sp³-hybridized carbons (Fsp3) is 0.592. The molecule has 6 amide bonds. The number of primary amides is 1. The number of Topliss-reactive ketones (excluding diaryl/α,β-unsaturated/α-hetero) is 1. The van der Waals surface area contributed by atoms with Crippen molar-refractivity contribution in [2.75, 3.05) is 77.4 Å². The van der Waals surface area contributed by atoms with Crippen LogP contribution in [0, 0.1) is 11.8 Å². The summed E-state index contributed by atoms with van der Waals surface area (Å²) >= 11 is 0. The van der Waals surface area contributed by atoms with Crippen LogP contribution in [0.1, 0.15) is 96.3 Å². The van der Waals surface area contributed by atoms with Gasteiger partial charge in [0.25, 0.3) is 0 Å². The van der Waals surface area contributed by atoms with Crippen LogP contribution in [0.4, 0.5) is 10.5 Å². The molecule has 0 saturated carbocycles. The van der Waals surface area contributed by atoms with Crippen LogP contribution >= 0.6 is 0 Å². The van der Waals surface area contributed by atoms with Crippen LogP contribution in [0.5, 0.6) is 0 Å². The third-order valence-electron chi connectivity index (χ3n) is 11.2. The molecule has 3 atom stereocenters. The number of nitrogens with zero attached hydrogens (tertiary/aromatic N) is 2. The third-order valence-corrected chi connectivity index (χ3v) is 11.2. The van der Waals surface area contributed by atoms with E-state index in [4.69, 9.17) is 42.0 Å². The fourth-order valence-electron chi connectivity index (χ4n) is 7.52.